The predicted octanol–water partition coefficient (Wildman–Crippen LogP) is 2.72. The average Bonchev–Trinajstić information content (AvgIpc) is 2.30. The van der Waals surface area contributed by atoms with E-state index in [1.807, 2.05) is 0 Å². The molecule has 16 heavy (non-hydrogen) atoms. The van der Waals surface area contributed by atoms with E-state index < -0.39 is 0 Å². The summed E-state index contributed by atoms with van der Waals surface area (Å²) in [6.45, 7) is 2.13. The fraction of sp³-hybridized carbons (Fsp3) is 0.400. The molecule has 0 unspecified atom stereocenters. The number of rotatable bonds is 5. The Balaban J connectivity index is 2.86. The normalized spacial score (nSPS) is 11.8. The van der Waals surface area contributed by atoms with Crippen LogP contribution in [0.4, 0.5) is 0 Å². The number of pyridine rings is 1. The molecule has 0 bridgehead atoms. The Hall–Kier alpha value is -0.940. The van der Waals surface area contributed by atoms with Crippen LogP contribution in [-0.4, -0.2) is 21.8 Å². The highest BCUT2D eigenvalue weighted by molar-refractivity contribution is 7.99. The van der Waals surface area contributed by atoms with E-state index in [2.05, 4.69) is 17.1 Å². The number of hydrogen-bond donors (Lipinski definition) is 2. The summed E-state index contributed by atoms with van der Waals surface area (Å²) in [5.74, 6) is 0.966. The average molecular weight is 260 g/mol. The van der Waals surface area contributed by atoms with E-state index in [9.17, 15) is 0 Å². The third-order valence-corrected chi connectivity index (χ3v) is 3.55. The summed E-state index contributed by atoms with van der Waals surface area (Å²) in [5.41, 5.74) is 6.01. The zero-order chi connectivity index (χ0) is 12.0. The molecule has 0 aromatic carbocycles. The van der Waals surface area contributed by atoms with Crippen LogP contribution in [0.5, 0.6) is 0 Å². The molecule has 0 fully saturated rings. The number of nitrogens with two attached hydrogens (primary N) is 1. The summed E-state index contributed by atoms with van der Waals surface area (Å²) in [7, 11) is 0. The molecule has 4 nitrogen and oxygen atoms in total. The zero-order valence-corrected chi connectivity index (χ0v) is 10.6. The van der Waals surface area contributed by atoms with Crippen molar-refractivity contribution >= 4 is 29.2 Å². The van der Waals surface area contributed by atoms with Crippen LogP contribution in [0, 0.1) is 0 Å². The first kappa shape index (κ1) is 13.1. The molecule has 0 spiro atoms. The molecular weight excluding hydrogens is 246 g/mol. The van der Waals surface area contributed by atoms with Gasteiger partial charge in [-0.1, -0.05) is 30.1 Å². The van der Waals surface area contributed by atoms with Gasteiger partial charge in [-0.15, -0.1) is 11.8 Å². The molecule has 3 N–H and O–H groups in total. The van der Waals surface area contributed by atoms with Crippen LogP contribution in [-0.2, 0) is 0 Å². The highest BCUT2D eigenvalue weighted by Crippen LogP contribution is 2.28. The molecule has 0 aliphatic rings. The Kier molecular flexibility index (Phi) is 5.42. The summed E-state index contributed by atoms with van der Waals surface area (Å²) >= 11 is 7.68. The maximum atomic E-state index is 8.59. The molecule has 1 aromatic heterocycles. The first-order valence-electron chi connectivity index (χ1n) is 4.95. The van der Waals surface area contributed by atoms with Crippen molar-refractivity contribution < 1.29 is 5.21 Å². The number of halogens is 1. The lowest BCUT2D eigenvalue weighted by Crippen LogP contribution is -2.14. The number of nitrogens with zero attached hydrogens (tertiary/aromatic N) is 2. The smallest absolute Gasteiger partial charge is 0.171 e. The predicted molar refractivity (Wildman–Crippen MR) is 67.4 cm³/mol. The fourth-order valence-corrected chi connectivity index (χ4v) is 2.46. The van der Waals surface area contributed by atoms with Gasteiger partial charge in [0.15, 0.2) is 5.84 Å². The molecule has 1 rings (SSSR count). The first-order chi connectivity index (χ1) is 7.70. The Morgan fingerprint density at radius 3 is 3.06 bits per heavy atom. The molecule has 88 valence electrons. The maximum Gasteiger partial charge on any atom is 0.171 e. The second-order valence-corrected chi connectivity index (χ2v) is 4.63. The summed E-state index contributed by atoms with van der Waals surface area (Å²) < 4.78 is 0. The van der Waals surface area contributed by atoms with E-state index >= 15 is 0 Å². The molecule has 0 saturated carbocycles. The number of amidine groups is 1. The summed E-state index contributed by atoms with van der Waals surface area (Å²) in [6, 6.07) is 1.63. The fourth-order valence-electron chi connectivity index (χ4n) is 1.09. The molecule has 0 atom stereocenters. The van der Waals surface area contributed by atoms with E-state index in [1.54, 1.807) is 24.0 Å². The van der Waals surface area contributed by atoms with Gasteiger partial charge in [-0.3, -0.25) is 0 Å². The second-order valence-electron chi connectivity index (χ2n) is 3.16. The quantitative estimate of drug-likeness (QED) is 0.213. The van der Waals surface area contributed by atoms with Crippen LogP contribution in [0.25, 0.3) is 0 Å². The van der Waals surface area contributed by atoms with Gasteiger partial charge in [0.25, 0.3) is 0 Å². The van der Waals surface area contributed by atoms with Crippen molar-refractivity contribution in [3.8, 4) is 0 Å². The van der Waals surface area contributed by atoms with Crippen LogP contribution in [0.1, 0.15) is 25.3 Å². The molecule has 1 heterocycles. The standard InChI is InChI=1S/C10H14ClN3OS/c1-2-3-6-16-10-8(11)7(4-5-13-10)9(12)14-15/h4-5,15H,2-3,6H2,1H3,(H2,12,14). The molecule has 1 aromatic rings. The molecule has 0 aliphatic carbocycles. The SMILES string of the molecule is CCCCSc1nccc(/C(N)=N/O)c1Cl. The van der Waals surface area contributed by atoms with Gasteiger partial charge in [0.05, 0.1) is 5.02 Å². The van der Waals surface area contributed by atoms with Gasteiger partial charge in [-0.25, -0.2) is 4.98 Å². The van der Waals surface area contributed by atoms with Crippen molar-refractivity contribution in [2.45, 2.75) is 24.8 Å². The van der Waals surface area contributed by atoms with Gasteiger partial charge in [0.2, 0.25) is 0 Å². The monoisotopic (exact) mass is 259 g/mol. The van der Waals surface area contributed by atoms with Crippen molar-refractivity contribution in [3.63, 3.8) is 0 Å². The van der Waals surface area contributed by atoms with E-state index in [4.69, 9.17) is 22.5 Å². The summed E-state index contributed by atoms with van der Waals surface area (Å²) in [4.78, 5) is 4.17. The number of thioether (sulfide) groups is 1. The number of unbranched alkanes of at least 4 members (excludes halogenated alkanes) is 1. The maximum absolute atomic E-state index is 8.59. The van der Waals surface area contributed by atoms with Crippen molar-refractivity contribution in [1.82, 2.24) is 4.98 Å². The van der Waals surface area contributed by atoms with Gasteiger partial charge in [0, 0.05) is 11.8 Å². The van der Waals surface area contributed by atoms with Crippen LogP contribution < -0.4 is 5.73 Å². The second kappa shape index (κ2) is 6.60. The summed E-state index contributed by atoms with van der Waals surface area (Å²) in [5, 5.41) is 12.7. The van der Waals surface area contributed by atoms with Crippen LogP contribution >= 0.6 is 23.4 Å². The lowest BCUT2D eigenvalue weighted by atomic mass is 10.2. The largest absolute Gasteiger partial charge is 0.409 e. The van der Waals surface area contributed by atoms with E-state index in [1.165, 1.54) is 0 Å². The van der Waals surface area contributed by atoms with Gasteiger partial charge in [-0.05, 0) is 18.2 Å². The Bertz CT molecular complexity index is 384. The van der Waals surface area contributed by atoms with Crippen LogP contribution in [0.2, 0.25) is 5.02 Å². The lowest BCUT2D eigenvalue weighted by molar-refractivity contribution is 0.318. The lowest BCUT2D eigenvalue weighted by Gasteiger charge is -2.06. The molecule has 0 amide bonds. The van der Waals surface area contributed by atoms with Crippen LogP contribution in [0.15, 0.2) is 22.4 Å². The van der Waals surface area contributed by atoms with Crippen molar-refractivity contribution in [3.05, 3.63) is 22.8 Å². The Labute approximate surface area is 104 Å². The summed E-state index contributed by atoms with van der Waals surface area (Å²) in [6.07, 6.45) is 3.84. The van der Waals surface area contributed by atoms with Crippen molar-refractivity contribution in [2.24, 2.45) is 10.9 Å². The minimum absolute atomic E-state index is 0.00439. The number of aromatic nitrogens is 1. The molecule has 6 heteroatoms. The van der Waals surface area contributed by atoms with Crippen molar-refractivity contribution in [1.29, 1.82) is 0 Å². The molecule has 0 saturated heterocycles. The van der Waals surface area contributed by atoms with Gasteiger partial charge < -0.3 is 10.9 Å². The first-order valence-corrected chi connectivity index (χ1v) is 6.32. The Morgan fingerprint density at radius 1 is 1.69 bits per heavy atom. The van der Waals surface area contributed by atoms with E-state index in [0.717, 1.165) is 23.6 Å². The highest BCUT2D eigenvalue weighted by atomic mass is 35.5. The molecule has 0 radical (unpaired) electrons. The van der Waals surface area contributed by atoms with Crippen molar-refractivity contribution in [2.75, 3.05) is 5.75 Å². The Morgan fingerprint density at radius 2 is 2.44 bits per heavy atom. The van der Waals surface area contributed by atoms with E-state index in [-0.39, 0.29) is 5.84 Å². The third kappa shape index (κ3) is 3.28. The van der Waals surface area contributed by atoms with Gasteiger partial charge in [0.1, 0.15) is 5.03 Å². The topological polar surface area (TPSA) is 71.5 Å². The highest BCUT2D eigenvalue weighted by Gasteiger charge is 2.10. The molecular formula is C10H14ClN3OS. The van der Waals surface area contributed by atoms with Gasteiger partial charge in [-0.2, -0.15) is 0 Å². The number of oxime groups is 1. The number of hydrogen-bond acceptors (Lipinski definition) is 4. The zero-order valence-electron chi connectivity index (χ0n) is 8.98. The minimum atomic E-state index is 0.00439. The third-order valence-electron chi connectivity index (χ3n) is 1.98. The molecule has 0 aliphatic heterocycles. The minimum Gasteiger partial charge on any atom is -0.409 e. The van der Waals surface area contributed by atoms with Crippen LogP contribution in [0.3, 0.4) is 0 Å². The van der Waals surface area contributed by atoms with E-state index in [0.29, 0.717) is 10.6 Å². The van der Waals surface area contributed by atoms with Gasteiger partial charge >= 0.3 is 0 Å².